The zero-order chi connectivity index (χ0) is 11.0. The largest absolute Gasteiger partial charge is 0.353 e. The molecule has 0 saturated heterocycles. The van der Waals surface area contributed by atoms with Crippen LogP contribution in [0.4, 0.5) is 0 Å². The molecule has 0 saturated carbocycles. The average Bonchev–Trinajstić information content (AvgIpc) is 2.69. The average molecular weight is 229 g/mol. The van der Waals surface area contributed by atoms with E-state index < -0.39 is 0 Å². The summed E-state index contributed by atoms with van der Waals surface area (Å²) >= 11 is 6.33. The van der Waals surface area contributed by atoms with E-state index in [0.29, 0.717) is 0 Å². The van der Waals surface area contributed by atoms with Crippen LogP contribution in [-0.2, 0) is 0 Å². The van der Waals surface area contributed by atoms with Gasteiger partial charge in [-0.15, -0.1) is 0 Å². The Morgan fingerprint density at radius 2 is 1.94 bits per heavy atom. The van der Waals surface area contributed by atoms with E-state index in [2.05, 4.69) is 9.97 Å². The van der Waals surface area contributed by atoms with Gasteiger partial charge in [-0.25, -0.2) is 0 Å². The van der Waals surface area contributed by atoms with Crippen LogP contribution in [-0.4, -0.2) is 9.97 Å². The third kappa shape index (κ3) is 1.39. The van der Waals surface area contributed by atoms with Crippen LogP contribution in [0, 0.1) is 0 Å². The molecule has 1 N–H and O–H groups in total. The molecule has 0 amide bonds. The molecule has 3 heteroatoms. The van der Waals surface area contributed by atoms with E-state index in [1.807, 2.05) is 36.4 Å². The van der Waals surface area contributed by atoms with Crippen molar-refractivity contribution in [1.29, 1.82) is 0 Å². The maximum Gasteiger partial charge on any atom is 0.0740 e. The first-order valence-corrected chi connectivity index (χ1v) is 5.40. The minimum atomic E-state index is 0.753. The van der Waals surface area contributed by atoms with Crippen LogP contribution in [0.25, 0.3) is 22.2 Å². The molecule has 0 fully saturated rings. The number of hydrogen-bond donors (Lipinski definition) is 1. The van der Waals surface area contributed by atoms with Crippen molar-refractivity contribution in [2.45, 2.75) is 0 Å². The maximum absolute atomic E-state index is 6.33. The molecule has 0 bridgehead atoms. The third-order valence-electron chi connectivity index (χ3n) is 2.59. The van der Waals surface area contributed by atoms with Crippen LogP contribution in [0.5, 0.6) is 0 Å². The van der Waals surface area contributed by atoms with Crippen molar-refractivity contribution < 1.29 is 0 Å². The summed E-state index contributed by atoms with van der Waals surface area (Å²) in [5.41, 5.74) is 2.98. The SMILES string of the molecule is Clc1c(-c2cccnc2)[nH]c2ccccc12. The molecule has 78 valence electrons. The van der Waals surface area contributed by atoms with Gasteiger partial charge in [0.1, 0.15) is 0 Å². The predicted molar refractivity (Wildman–Crippen MR) is 66.5 cm³/mol. The summed E-state index contributed by atoms with van der Waals surface area (Å²) in [7, 11) is 0. The van der Waals surface area contributed by atoms with Crippen molar-refractivity contribution in [3.63, 3.8) is 0 Å². The van der Waals surface area contributed by atoms with Crippen molar-refractivity contribution in [2.24, 2.45) is 0 Å². The molecule has 1 aromatic carbocycles. The number of aromatic amines is 1. The molecule has 0 aliphatic rings. The molecule has 2 nitrogen and oxygen atoms in total. The van der Waals surface area contributed by atoms with Gasteiger partial charge in [0.25, 0.3) is 0 Å². The van der Waals surface area contributed by atoms with Crippen molar-refractivity contribution >= 4 is 22.5 Å². The Balaban J connectivity index is 2.29. The summed E-state index contributed by atoms with van der Waals surface area (Å²) in [5.74, 6) is 0. The lowest BCUT2D eigenvalue weighted by Crippen LogP contribution is -1.78. The van der Waals surface area contributed by atoms with Crippen molar-refractivity contribution in [3.05, 3.63) is 53.8 Å². The van der Waals surface area contributed by atoms with Crippen LogP contribution in [0.3, 0.4) is 0 Å². The highest BCUT2D eigenvalue weighted by molar-refractivity contribution is 6.38. The number of halogens is 1. The first-order chi connectivity index (χ1) is 7.86. The van der Waals surface area contributed by atoms with Crippen LogP contribution in [0.2, 0.25) is 5.02 Å². The zero-order valence-electron chi connectivity index (χ0n) is 8.44. The van der Waals surface area contributed by atoms with Crippen molar-refractivity contribution in [2.75, 3.05) is 0 Å². The summed E-state index contributed by atoms with van der Waals surface area (Å²) in [6.07, 6.45) is 3.55. The van der Waals surface area contributed by atoms with Crippen LogP contribution in [0.1, 0.15) is 0 Å². The monoisotopic (exact) mass is 228 g/mol. The Labute approximate surface area is 97.9 Å². The van der Waals surface area contributed by atoms with Crippen LogP contribution in [0.15, 0.2) is 48.8 Å². The normalized spacial score (nSPS) is 10.8. The smallest absolute Gasteiger partial charge is 0.0740 e. The summed E-state index contributed by atoms with van der Waals surface area (Å²) in [5, 5.41) is 1.80. The first-order valence-electron chi connectivity index (χ1n) is 5.03. The molecule has 3 aromatic rings. The topological polar surface area (TPSA) is 28.7 Å². The number of nitrogens with zero attached hydrogens (tertiary/aromatic N) is 1. The summed E-state index contributed by atoms with van der Waals surface area (Å²) < 4.78 is 0. The van der Waals surface area contributed by atoms with Gasteiger partial charge in [-0.3, -0.25) is 4.98 Å². The van der Waals surface area contributed by atoms with Gasteiger partial charge in [-0.05, 0) is 18.2 Å². The lowest BCUT2D eigenvalue weighted by Gasteiger charge is -1.96. The molecule has 0 aliphatic carbocycles. The number of fused-ring (bicyclic) bond motifs is 1. The van der Waals surface area contributed by atoms with Crippen LogP contribution < -0.4 is 0 Å². The summed E-state index contributed by atoms with van der Waals surface area (Å²) in [6, 6.07) is 11.9. The van der Waals surface area contributed by atoms with Gasteiger partial charge in [-0.1, -0.05) is 29.8 Å². The predicted octanol–water partition coefficient (Wildman–Crippen LogP) is 3.88. The van der Waals surface area contributed by atoms with E-state index in [0.717, 1.165) is 27.2 Å². The lowest BCUT2D eigenvalue weighted by molar-refractivity contribution is 1.31. The highest BCUT2D eigenvalue weighted by atomic mass is 35.5. The highest BCUT2D eigenvalue weighted by Gasteiger charge is 2.10. The molecular formula is C13H9ClN2. The van der Waals surface area contributed by atoms with Gasteiger partial charge >= 0.3 is 0 Å². The van der Waals surface area contributed by atoms with Gasteiger partial charge in [-0.2, -0.15) is 0 Å². The molecule has 0 spiro atoms. The number of benzene rings is 1. The van der Waals surface area contributed by atoms with Gasteiger partial charge < -0.3 is 4.98 Å². The Hall–Kier alpha value is -1.80. The van der Waals surface area contributed by atoms with Gasteiger partial charge in [0, 0.05) is 28.9 Å². The molecule has 2 aromatic heterocycles. The fourth-order valence-corrected chi connectivity index (χ4v) is 2.14. The molecule has 2 heterocycles. The molecule has 3 rings (SSSR count). The van der Waals surface area contributed by atoms with Gasteiger partial charge in [0.15, 0.2) is 0 Å². The standard InChI is InChI=1S/C13H9ClN2/c14-12-10-5-1-2-6-11(10)16-13(12)9-4-3-7-15-8-9/h1-8,16H. The van der Waals surface area contributed by atoms with E-state index >= 15 is 0 Å². The van der Waals surface area contributed by atoms with Crippen molar-refractivity contribution in [1.82, 2.24) is 9.97 Å². The van der Waals surface area contributed by atoms with E-state index in [1.54, 1.807) is 12.4 Å². The Bertz CT molecular complexity index is 629. The fraction of sp³-hybridized carbons (Fsp3) is 0. The van der Waals surface area contributed by atoms with Crippen LogP contribution >= 0.6 is 11.6 Å². The molecule has 16 heavy (non-hydrogen) atoms. The Morgan fingerprint density at radius 1 is 1.06 bits per heavy atom. The second kappa shape index (κ2) is 3.65. The maximum atomic E-state index is 6.33. The van der Waals surface area contributed by atoms with E-state index in [9.17, 15) is 0 Å². The Kier molecular flexibility index (Phi) is 2.15. The minimum Gasteiger partial charge on any atom is -0.353 e. The van der Waals surface area contributed by atoms with Gasteiger partial charge in [0.2, 0.25) is 0 Å². The quantitative estimate of drug-likeness (QED) is 0.673. The second-order valence-electron chi connectivity index (χ2n) is 3.60. The van der Waals surface area contributed by atoms with Crippen molar-refractivity contribution in [3.8, 4) is 11.3 Å². The number of H-pyrrole nitrogens is 1. The second-order valence-corrected chi connectivity index (χ2v) is 3.98. The summed E-state index contributed by atoms with van der Waals surface area (Å²) in [6.45, 7) is 0. The Morgan fingerprint density at radius 3 is 2.69 bits per heavy atom. The number of hydrogen-bond acceptors (Lipinski definition) is 1. The molecular weight excluding hydrogens is 220 g/mol. The number of rotatable bonds is 1. The van der Waals surface area contributed by atoms with E-state index in [1.165, 1.54) is 0 Å². The molecule has 0 unspecified atom stereocenters. The zero-order valence-corrected chi connectivity index (χ0v) is 9.20. The number of aromatic nitrogens is 2. The number of nitrogens with one attached hydrogen (secondary N) is 1. The molecule has 0 atom stereocenters. The van der Waals surface area contributed by atoms with E-state index in [-0.39, 0.29) is 0 Å². The summed E-state index contributed by atoms with van der Waals surface area (Å²) in [4.78, 5) is 7.40. The number of pyridine rings is 1. The minimum absolute atomic E-state index is 0.753. The first kappa shape index (κ1) is 9.43. The van der Waals surface area contributed by atoms with E-state index in [4.69, 9.17) is 11.6 Å². The third-order valence-corrected chi connectivity index (χ3v) is 2.99. The molecule has 0 radical (unpaired) electrons. The van der Waals surface area contributed by atoms with Gasteiger partial charge in [0.05, 0.1) is 10.7 Å². The number of para-hydroxylation sites is 1. The lowest BCUT2D eigenvalue weighted by atomic mass is 10.2. The highest BCUT2D eigenvalue weighted by Crippen LogP contribution is 2.33. The molecule has 0 aliphatic heterocycles. The fourth-order valence-electron chi connectivity index (χ4n) is 1.82.